The Kier molecular flexibility index (Phi) is 5.83. The molecule has 0 aliphatic rings. The fourth-order valence-electron chi connectivity index (χ4n) is 2.60. The summed E-state index contributed by atoms with van der Waals surface area (Å²) in [7, 11) is 0. The van der Waals surface area contributed by atoms with Crippen molar-refractivity contribution in [3.8, 4) is 0 Å². The monoisotopic (exact) mass is 420 g/mol. The van der Waals surface area contributed by atoms with Crippen molar-refractivity contribution in [1.29, 1.82) is 0 Å². The summed E-state index contributed by atoms with van der Waals surface area (Å²) in [5, 5.41) is 5.55. The molecule has 0 spiro atoms. The largest absolute Gasteiger partial charge is 0.325 e. The summed E-state index contributed by atoms with van der Waals surface area (Å²) in [6, 6.07) is 20.0. The minimum Gasteiger partial charge on any atom is -0.325 e. The highest BCUT2D eigenvalue weighted by atomic mass is 32.2. The molecule has 2 amide bonds. The quantitative estimate of drug-likeness (QED) is 0.443. The number of carbonyl (C=O) groups is 2. The zero-order valence-corrected chi connectivity index (χ0v) is 16.8. The molecule has 8 heteroatoms. The number of rotatable bonds is 6. The summed E-state index contributed by atoms with van der Waals surface area (Å²) in [4.78, 5) is 33.3. The molecule has 2 heterocycles. The highest BCUT2D eigenvalue weighted by molar-refractivity contribution is 8.01. The Morgan fingerprint density at radius 2 is 1.83 bits per heavy atom. The second-order valence-corrected chi connectivity index (χ2v) is 8.29. The number of amides is 2. The average molecular weight is 421 g/mol. The first kappa shape index (κ1) is 19.1. The molecule has 29 heavy (non-hydrogen) atoms. The fraction of sp³-hybridized carbons (Fsp3) is 0.0476. The number of carbonyl (C=O) groups excluding carboxylic acids is 2. The van der Waals surface area contributed by atoms with Gasteiger partial charge in [0.15, 0.2) is 4.34 Å². The van der Waals surface area contributed by atoms with E-state index in [2.05, 4.69) is 20.6 Å². The fourth-order valence-corrected chi connectivity index (χ4v) is 4.47. The molecule has 0 bridgehead atoms. The molecular formula is C21H16N4O2S2. The molecule has 0 unspecified atom stereocenters. The van der Waals surface area contributed by atoms with Crippen molar-refractivity contribution in [3.05, 3.63) is 78.5 Å². The van der Waals surface area contributed by atoms with Gasteiger partial charge < -0.3 is 10.6 Å². The van der Waals surface area contributed by atoms with Gasteiger partial charge in [-0.1, -0.05) is 36.0 Å². The number of pyridine rings is 1. The van der Waals surface area contributed by atoms with Crippen LogP contribution in [0.25, 0.3) is 10.2 Å². The molecule has 0 saturated carbocycles. The first-order valence-electron chi connectivity index (χ1n) is 8.78. The molecule has 2 aromatic heterocycles. The van der Waals surface area contributed by atoms with E-state index in [-0.39, 0.29) is 17.6 Å². The van der Waals surface area contributed by atoms with Crippen molar-refractivity contribution >= 4 is 56.6 Å². The highest BCUT2D eigenvalue weighted by Gasteiger charge is 2.10. The van der Waals surface area contributed by atoms with E-state index >= 15 is 0 Å². The van der Waals surface area contributed by atoms with Gasteiger partial charge >= 0.3 is 0 Å². The van der Waals surface area contributed by atoms with Crippen molar-refractivity contribution in [3.63, 3.8) is 0 Å². The molecule has 4 rings (SSSR count). The number of hydrogen-bond donors (Lipinski definition) is 2. The molecule has 2 N–H and O–H groups in total. The Morgan fingerprint density at radius 3 is 2.66 bits per heavy atom. The molecule has 0 atom stereocenters. The maximum atomic E-state index is 12.4. The number of para-hydroxylation sites is 1. The molecule has 0 aliphatic heterocycles. The summed E-state index contributed by atoms with van der Waals surface area (Å²) < 4.78 is 1.95. The first-order valence-corrected chi connectivity index (χ1v) is 10.6. The Balaban J connectivity index is 1.35. The maximum absolute atomic E-state index is 12.4. The van der Waals surface area contributed by atoms with Crippen LogP contribution in [0.2, 0.25) is 0 Å². The predicted molar refractivity (Wildman–Crippen MR) is 118 cm³/mol. The molecular weight excluding hydrogens is 404 g/mol. The van der Waals surface area contributed by atoms with Gasteiger partial charge in [-0.3, -0.25) is 9.59 Å². The van der Waals surface area contributed by atoms with Crippen LogP contribution in [0.3, 0.4) is 0 Å². The molecule has 144 valence electrons. The number of nitrogens with zero attached hydrogens (tertiary/aromatic N) is 2. The zero-order chi connectivity index (χ0) is 20.1. The Labute approximate surface area is 175 Å². The summed E-state index contributed by atoms with van der Waals surface area (Å²) in [6.07, 6.45) is 1.61. The van der Waals surface area contributed by atoms with Crippen LogP contribution in [0.15, 0.2) is 77.3 Å². The normalized spacial score (nSPS) is 10.6. The Morgan fingerprint density at radius 1 is 0.966 bits per heavy atom. The second kappa shape index (κ2) is 8.85. The summed E-state index contributed by atoms with van der Waals surface area (Å²) in [6.45, 7) is 0. The van der Waals surface area contributed by atoms with E-state index in [0.29, 0.717) is 17.1 Å². The van der Waals surface area contributed by atoms with Crippen LogP contribution in [0.4, 0.5) is 11.5 Å². The summed E-state index contributed by atoms with van der Waals surface area (Å²) >= 11 is 2.96. The third-order valence-electron chi connectivity index (χ3n) is 3.92. The van der Waals surface area contributed by atoms with Crippen LogP contribution < -0.4 is 10.6 Å². The van der Waals surface area contributed by atoms with Crippen molar-refractivity contribution in [2.24, 2.45) is 0 Å². The Bertz CT molecular complexity index is 1130. The van der Waals surface area contributed by atoms with Crippen LogP contribution in [-0.4, -0.2) is 27.5 Å². The standard InChI is InChI=1S/C21H16N4O2S2/c26-19(13-28-21-24-16-8-1-2-9-17(16)29-21)23-15-7-5-6-14(12-15)20(27)25-18-10-3-4-11-22-18/h1-12H,13H2,(H,23,26)(H,22,25,27). The molecule has 0 saturated heterocycles. The SMILES string of the molecule is O=C(CSc1nc2ccccc2s1)Nc1cccc(C(=O)Nc2ccccn2)c1. The third-order valence-corrected chi connectivity index (χ3v) is 6.10. The van der Waals surface area contributed by atoms with Crippen LogP contribution in [0.5, 0.6) is 0 Å². The average Bonchev–Trinajstić information content (AvgIpc) is 3.16. The lowest BCUT2D eigenvalue weighted by Crippen LogP contribution is -2.16. The van der Waals surface area contributed by atoms with Gasteiger partial charge in [-0.25, -0.2) is 9.97 Å². The van der Waals surface area contributed by atoms with Crippen molar-refractivity contribution in [1.82, 2.24) is 9.97 Å². The number of fused-ring (bicyclic) bond motifs is 1. The zero-order valence-electron chi connectivity index (χ0n) is 15.2. The van der Waals surface area contributed by atoms with Crippen LogP contribution >= 0.6 is 23.1 Å². The minimum absolute atomic E-state index is 0.156. The van der Waals surface area contributed by atoms with E-state index in [4.69, 9.17) is 0 Å². The van der Waals surface area contributed by atoms with Gasteiger partial charge in [0.25, 0.3) is 5.91 Å². The lowest BCUT2D eigenvalue weighted by Gasteiger charge is -2.08. The lowest BCUT2D eigenvalue weighted by molar-refractivity contribution is -0.113. The van der Waals surface area contributed by atoms with Crippen LogP contribution in [0, 0.1) is 0 Å². The van der Waals surface area contributed by atoms with E-state index in [1.165, 1.54) is 11.8 Å². The van der Waals surface area contributed by atoms with Gasteiger partial charge in [-0.15, -0.1) is 11.3 Å². The molecule has 4 aromatic rings. The smallest absolute Gasteiger partial charge is 0.256 e. The molecule has 2 aromatic carbocycles. The second-order valence-electron chi connectivity index (χ2n) is 6.03. The van der Waals surface area contributed by atoms with Gasteiger partial charge in [0.05, 0.1) is 16.0 Å². The number of aromatic nitrogens is 2. The van der Waals surface area contributed by atoms with E-state index in [1.54, 1.807) is 60.0 Å². The molecule has 0 radical (unpaired) electrons. The van der Waals surface area contributed by atoms with Gasteiger partial charge in [-0.05, 0) is 42.5 Å². The number of hydrogen-bond acceptors (Lipinski definition) is 6. The van der Waals surface area contributed by atoms with Gasteiger partial charge in [-0.2, -0.15) is 0 Å². The number of anilines is 2. The van der Waals surface area contributed by atoms with E-state index in [9.17, 15) is 9.59 Å². The number of thioether (sulfide) groups is 1. The molecule has 0 aliphatic carbocycles. The maximum Gasteiger partial charge on any atom is 0.256 e. The topological polar surface area (TPSA) is 84.0 Å². The minimum atomic E-state index is -0.288. The van der Waals surface area contributed by atoms with Gasteiger partial charge in [0.2, 0.25) is 5.91 Å². The van der Waals surface area contributed by atoms with Crippen LogP contribution in [-0.2, 0) is 4.79 Å². The molecule has 6 nitrogen and oxygen atoms in total. The summed E-state index contributed by atoms with van der Waals surface area (Å²) in [5.41, 5.74) is 1.94. The lowest BCUT2D eigenvalue weighted by atomic mass is 10.2. The van der Waals surface area contributed by atoms with Gasteiger partial charge in [0.1, 0.15) is 5.82 Å². The van der Waals surface area contributed by atoms with E-state index < -0.39 is 0 Å². The number of thiazole rings is 1. The summed E-state index contributed by atoms with van der Waals surface area (Å²) in [5.74, 6) is 0.267. The van der Waals surface area contributed by atoms with Crippen molar-refractivity contribution in [2.75, 3.05) is 16.4 Å². The highest BCUT2D eigenvalue weighted by Crippen LogP contribution is 2.29. The van der Waals surface area contributed by atoms with Crippen molar-refractivity contribution in [2.45, 2.75) is 4.34 Å². The van der Waals surface area contributed by atoms with Gasteiger partial charge in [0, 0.05) is 17.4 Å². The molecule has 0 fully saturated rings. The van der Waals surface area contributed by atoms with Crippen molar-refractivity contribution < 1.29 is 9.59 Å². The number of nitrogens with one attached hydrogen (secondary N) is 2. The van der Waals surface area contributed by atoms with Crippen LogP contribution in [0.1, 0.15) is 10.4 Å². The van der Waals surface area contributed by atoms with E-state index in [1.807, 2.05) is 24.3 Å². The predicted octanol–water partition coefficient (Wildman–Crippen LogP) is 4.67. The van der Waals surface area contributed by atoms with E-state index in [0.717, 1.165) is 14.6 Å². The third kappa shape index (κ3) is 4.98. The first-order chi connectivity index (χ1) is 14.2. The Hall–Kier alpha value is -3.23. The number of benzene rings is 2.